The van der Waals surface area contributed by atoms with E-state index in [1.165, 1.54) is 11.1 Å². The van der Waals surface area contributed by atoms with E-state index in [0.29, 0.717) is 5.11 Å². The van der Waals surface area contributed by atoms with Crippen LogP contribution in [0.15, 0.2) is 89.7 Å². The van der Waals surface area contributed by atoms with Crippen molar-refractivity contribution in [3.8, 4) is 5.69 Å². The molecule has 160 valence electrons. The van der Waals surface area contributed by atoms with Gasteiger partial charge in [-0.15, -0.1) is 0 Å². The normalized spacial score (nSPS) is 18.1. The molecule has 5 rings (SSSR count). The lowest BCUT2D eigenvalue weighted by Crippen LogP contribution is -2.30. The second kappa shape index (κ2) is 8.52. The smallest absolute Gasteiger partial charge is 0.174 e. The molecule has 1 aliphatic rings. The standard InChI is InChI=1S/C26H23BrN4S/c1-17-8-10-19(11-9-17)30-15-5-7-23(30)25-24(22-6-3-4-14-28-22)29-26(32)31(25)20-12-13-21(27)18(2)16-20/h3-16,24-25H,1-2H3,(H,29,32)/t24-,25+/m1/s1. The van der Waals surface area contributed by atoms with Crippen molar-refractivity contribution in [2.24, 2.45) is 0 Å². The molecule has 6 heteroatoms. The summed E-state index contributed by atoms with van der Waals surface area (Å²) >= 11 is 9.49. The number of aryl methyl sites for hydroxylation is 2. The van der Waals surface area contributed by atoms with Gasteiger partial charge in [0.2, 0.25) is 0 Å². The van der Waals surface area contributed by atoms with E-state index in [1.54, 1.807) is 0 Å². The number of pyridine rings is 1. The highest BCUT2D eigenvalue weighted by Crippen LogP contribution is 2.42. The predicted molar refractivity (Wildman–Crippen MR) is 137 cm³/mol. The fourth-order valence-electron chi connectivity index (χ4n) is 4.29. The van der Waals surface area contributed by atoms with Gasteiger partial charge >= 0.3 is 0 Å². The Bertz CT molecular complexity index is 1270. The van der Waals surface area contributed by atoms with E-state index in [1.807, 2.05) is 18.3 Å². The van der Waals surface area contributed by atoms with E-state index in [4.69, 9.17) is 12.2 Å². The van der Waals surface area contributed by atoms with Gasteiger partial charge in [0.05, 0.1) is 11.7 Å². The number of hydrogen-bond donors (Lipinski definition) is 1. The summed E-state index contributed by atoms with van der Waals surface area (Å²) in [6, 6.07) is 25.1. The Kier molecular flexibility index (Phi) is 5.57. The summed E-state index contributed by atoms with van der Waals surface area (Å²) in [7, 11) is 0. The number of aromatic nitrogens is 2. The van der Waals surface area contributed by atoms with Crippen molar-refractivity contribution in [2.75, 3.05) is 4.90 Å². The minimum atomic E-state index is -0.0771. The molecule has 4 nitrogen and oxygen atoms in total. The quantitative estimate of drug-likeness (QED) is 0.326. The maximum absolute atomic E-state index is 5.87. The highest BCUT2D eigenvalue weighted by Gasteiger charge is 2.42. The number of thiocarbonyl (C=S) groups is 1. The van der Waals surface area contributed by atoms with Crippen LogP contribution in [0, 0.1) is 13.8 Å². The summed E-state index contributed by atoms with van der Waals surface area (Å²) in [4.78, 5) is 6.88. The van der Waals surface area contributed by atoms with Gasteiger partial charge in [0.15, 0.2) is 5.11 Å². The summed E-state index contributed by atoms with van der Waals surface area (Å²) in [5, 5.41) is 4.25. The summed E-state index contributed by atoms with van der Waals surface area (Å²) in [6.45, 7) is 4.20. The molecule has 0 bridgehead atoms. The Labute approximate surface area is 202 Å². The molecular weight excluding hydrogens is 480 g/mol. The van der Waals surface area contributed by atoms with Crippen molar-refractivity contribution >= 4 is 38.9 Å². The van der Waals surface area contributed by atoms with Gasteiger partial charge in [-0.05, 0) is 86.2 Å². The molecule has 3 heterocycles. The number of halogens is 1. The van der Waals surface area contributed by atoms with Gasteiger partial charge in [0.25, 0.3) is 0 Å². The molecule has 2 atom stereocenters. The molecular formula is C26H23BrN4S. The van der Waals surface area contributed by atoms with Crippen molar-refractivity contribution in [3.05, 3.63) is 112 Å². The third kappa shape index (κ3) is 3.74. The lowest BCUT2D eigenvalue weighted by Gasteiger charge is -2.29. The first-order chi connectivity index (χ1) is 15.5. The molecule has 1 saturated heterocycles. The maximum Gasteiger partial charge on any atom is 0.174 e. The van der Waals surface area contributed by atoms with Gasteiger partial charge in [-0.25, -0.2) is 0 Å². The Morgan fingerprint density at radius 3 is 2.44 bits per heavy atom. The first-order valence-electron chi connectivity index (χ1n) is 10.5. The van der Waals surface area contributed by atoms with E-state index in [-0.39, 0.29) is 12.1 Å². The number of rotatable bonds is 4. The van der Waals surface area contributed by atoms with Gasteiger partial charge in [0.1, 0.15) is 6.04 Å². The zero-order valence-electron chi connectivity index (χ0n) is 17.9. The third-order valence-corrected chi connectivity index (χ3v) is 7.12. The Morgan fingerprint density at radius 2 is 1.72 bits per heavy atom. The molecule has 0 spiro atoms. The number of benzene rings is 2. The van der Waals surface area contributed by atoms with Crippen LogP contribution in [0.2, 0.25) is 0 Å². The average Bonchev–Trinajstić information content (AvgIpc) is 3.41. The highest BCUT2D eigenvalue weighted by molar-refractivity contribution is 9.10. The van der Waals surface area contributed by atoms with Gasteiger partial charge in [-0.3, -0.25) is 4.98 Å². The Morgan fingerprint density at radius 1 is 0.938 bits per heavy atom. The first-order valence-corrected chi connectivity index (χ1v) is 11.7. The highest BCUT2D eigenvalue weighted by atomic mass is 79.9. The second-order valence-corrected chi connectivity index (χ2v) is 9.31. The Hall–Kier alpha value is -2.96. The lowest BCUT2D eigenvalue weighted by molar-refractivity contribution is 0.549. The number of nitrogens with zero attached hydrogens (tertiary/aromatic N) is 3. The van der Waals surface area contributed by atoms with E-state index in [0.717, 1.165) is 27.2 Å². The van der Waals surface area contributed by atoms with E-state index < -0.39 is 0 Å². The summed E-state index contributed by atoms with van der Waals surface area (Å²) in [5.41, 5.74) is 6.71. The minimum Gasteiger partial charge on any atom is -0.351 e. The summed E-state index contributed by atoms with van der Waals surface area (Å²) in [5.74, 6) is 0. The van der Waals surface area contributed by atoms with Crippen LogP contribution in [0.25, 0.3) is 5.69 Å². The predicted octanol–water partition coefficient (Wildman–Crippen LogP) is 6.43. The van der Waals surface area contributed by atoms with Crippen LogP contribution in [0.3, 0.4) is 0 Å². The molecule has 0 radical (unpaired) electrons. The lowest BCUT2D eigenvalue weighted by atomic mass is 10.0. The summed E-state index contributed by atoms with van der Waals surface area (Å²) < 4.78 is 3.33. The zero-order valence-corrected chi connectivity index (χ0v) is 20.3. The minimum absolute atomic E-state index is 0.0609. The van der Waals surface area contributed by atoms with Crippen molar-refractivity contribution in [1.82, 2.24) is 14.9 Å². The first kappa shape index (κ1) is 20.9. The SMILES string of the molecule is Cc1ccc(-n2cccc2[C@H]2[C@@H](c3ccccn3)NC(=S)N2c2ccc(Br)c(C)c2)cc1. The van der Waals surface area contributed by atoms with Crippen LogP contribution in [0.4, 0.5) is 5.69 Å². The monoisotopic (exact) mass is 502 g/mol. The molecule has 32 heavy (non-hydrogen) atoms. The summed E-state index contributed by atoms with van der Waals surface area (Å²) in [6.07, 6.45) is 3.95. The van der Waals surface area contributed by atoms with E-state index in [2.05, 4.69) is 116 Å². The van der Waals surface area contributed by atoms with E-state index >= 15 is 0 Å². The van der Waals surface area contributed by atoms with Crippen LogP contribution >= 0.6 is 28.1 Å². The van der Waals surface area contributed by atoms with E-state index in [9.17, 15) is 0 Å². The average molecular weight is 503 g/mol. The molecule has 1 fully saturated rings. The molecule has 2 aromatic carbocycles. The van der Waals surface area contributed by atoms with Crippen molar-refractivity contribution in [3.63, 3.8) is 0 Å². The number of nitrogens with one attached hydrogen (secondary N) is 1. The third-order valence-electron chi connectivity index (χ3n) is 5.91. The topological polar surface area (TPSA) is 33.1 Å². The van der Waals surface area contributed by atoms with Crippen molar-refractivity contribution < 1.29 is 0 Å². The number of anilines is 1. The molecule has 0 saturated carbocycles. The molecule has 1 N–H and O–H groups in total. The van der Waals surface area contributed by atoms with Crippen LogP contribution in [-0.4, -0.2) is 14.7 Å². The molecule has 2 aromatic heterocycles. The van der Waals surface area contributed by atoms with Crippen molar-refractivity contribution in [2.45, 2.75) is 25.9 Å². The zero-order chi connectivity index (χ0) is 22.2. The molecule has 0 amide bonds. The van der Waals surface area contributed by atoms with Gasteiger partial charge < -0.3 is 14.8 Å². The fraction of sp³-hybridized carbons (Fsp3) is 0.154. The van der Waals surface area contributed by atoms with Crippen LogP contribution in [0.5, 0.6) is 0 Å². The Balaban J connectivity index is 1.67. The molecule has 4 aromatic rings. The molecule has 1 aliphatic heterocycles. The van der Waals surface area contributed by atoms with Gasteiger partial charge in [-0.1, -0.05) is 39.7 Å². The van der Waals surface area contributed by atoms with Gasteiger partial charge in [-0.2, -0.15) is 0 Å². The maximum atomic E-state index is 5.87. The van der Waals surface area contributed by atoms with Crippen LogP contribution in [0.1, 0.15) is 34.6 Å². The fourth-order valence-corrected chi connectivity index (χ4v) is 4.88. The second-order valence-electron chi connectivity index (χ2n) is 8.07. The molecule has 0 aliphatic carbocycles. The van der Waals surface area contributed by atoms with Crippen LogP contribution in [-0.2, 0) is 0 Å². The number of hydrogen-bond acceptors (Lipinski definition) is 2. The van der Waals surface area contributed by atoms with Crippen LogP contribution < -0.4 is 10.2 Å². The van der Waals surface area contributed by atoms with Crippen molar-refractivity contribution in [1.29, 1.82) is 0 Å². The van der Waals surface area contributed by atoms with Gasteiger partial charge in [0, 0.05) is 33.9 Å². The molecule has 0 unspecified atom stereocenters. The largest absolute Gasteiger partial charge is 0.351 e.